The van der Waals surface area contributed by atoms with E-state index in [1.165, 1.54) is 27.7 Å². The Morgan fingerprint density at radius 2 is 1.50 bits per heavy atom. The van der Waals surface area contributed by atoms with E-state index in [1.807, 2.05) is 0 Å². The van der Waals surface area contributed by atoms with Crippen molar-refractivity contribution in [2.24, 2.45) is 34.5 Å². The summed E-state index contributed by atoms with van der Waals surface area (Å²) in [6, 6.07) is 0. The van der Waals surface area contributed by atoms with Crippen LogP contribution in [0.15, 0.2) is 11.6 Å². The molecule has 1 saturated heterocycles. The first-order chi connectivity index (χ1) is 23.6. The van der Waals surface area contributed by atoms with Crippen molar-refractivity contribution in [1.29, 1.82) is 0 Å². The van der Waals surface area contributed by atoms with E-state index in [4.69, 9.17) is 33.2 Å². The SMILES string of the molecule is CC(=O)OCC1O[C@@H](O[C@@H]2CC[C@]3(C)C4CC[C@]5(C)[C@@H](C6=CC(=O)OC6)CC[C@]5(O)C4CC[C@@H]3C2)C(OC(C)=O)C(OC(C)=O)[C@@H]1OC(C)=O. The van der Waals surface area contributed by atoms with Crippen molar-refractivity contribution in [3.63, 3.8) is 0 Å². The maximum absolute atomic E-state index is 12.6. The van der Waals surface area contributed by atoms with Gasteiger partial charge in [0.05, 0.1) is 11.7 Å². The molecule has 0 aromatic carbocycles. The van der Waals surface area contributed by atoms with Gasteiger partial charge in [0.1, 0.15) is 19.3 Å². The lowest BCUT2D eigenvalue weighted by atomic mass is 9.43. The Hall–Kier alpha value is -3.03. The molecule has 4 aliphatic carbocycles. The summed E-state index contributed by atoms with van der Waals surface area (Å²) in [4.78, 5) is 60.3. The molecule has 13 heteroatoms. The Morgan fingerprint density at radius 3 is 2.14 bits per heavy atom. The molecule has 0 aromatic heterocycles. The smallest absolute Gasteiger partial charge is 0.331 e. The summed E-state index contributed by atoms with van der Waals surface area (Å²) in [5, 5.41) is 12.6. The number of rotatable bonds is 8. The summed E-state index contributed by atoms with van der Waals surface area (Å²) in [5.41, 5.74) is -0.132. The molecule has 6 rings (SSSR count). The molecule has 0 amide bonds. The highest BCUT2D eigenvalue weighted by atomic mass is 16.7. The fraction of sp³-hybridized carbons (Fsp3) is 0.811. The third kappa shape index (κ3) is 6.58. The summed E-state index contributed by atoms with van der Waals surface area (Å²) in [5.74, 6) is -1.99. The van der Waals surface area contributed by atoms with Gasteiger partial charge in [-0.3, -0.25) is 19.2 Å². The van der Waals surface area contributed by atoms with Crippen molar-refractivity contribution in [3.8, 4) is 0 Å². The molecular formula is C37H52O13. The van der Waals surface area contributed by atoms with E-state index in [0.29, 0.717) is 24.9 Å². The van der Waals surface area contributed by atoms with Crippen LogP contribution < -0.4 is 0 Å². The molecule has 50 heavy (non-hydrogen) atoms. The number of hydrogen-bond acceptors (Lipinski definition) is 13. The number of aliphatic hydroxyl groups is 1. The van der Waals surface area contributed by atoms with Crippen LogP contribution in [-0.2, 0) is 57.1 Å². The third-order valence-corrected chi connectivity index (χ3v) is 13.2. The highest BCUT2D eigenvalue weighted by Gasteiger charge is 2.68. The van der Waals surface area contributed by atoms with Gasteiger partial charge < -0.3 is 38.3 Å². The lowest BCUT2D eigenvalue weighted by Crippen LogP contribution is -2.64. The summed E-state index contributed by atoms with van der Waals surface area (Å²) >= 11 is 0. The Balaban J connectivity index is 1.19. The molecule has 0 aromatic rings. The van der Waals surface area contributed by atoms with Gasteiger partial charge in [-0.2, -0.15) is 0 Å². The van der Waals surface area contributed by atoms with E-state index in [9.17, 15) is 29.1 Å². The number of esters is 5. The van der Waals surface area contributed by atoms with Crippen LogP contribution in [0.1, 0.15) is 99.3 Å². The van der Waals surface area contributed by atoms with Crippen LogP contribution in [0.5, 0.6) is 0 Å². The molecule has 13 nitrogen and oxygen atoms in total. The fourth-order valence-electron chi connectivity index (χ4n) is 11.0. The summed E-state index contributed by atoms with van der Waals surface area (Å²) in [7, 11) is 0. The minimum atomic E-state index is -1.28. The Morgan fingerprint density at radius 1 is 0.820 bits per heavy atom. The number of carbonyl (C=O) groups excluding carboxylic acids is 5. The molecule has 4 saturated carbocycles. The van der Waals surface area contributed by atoms with E-state index >= 15 is 0 Å². The monoisotopic (exact) mass is 704 g/mol. The van der Waals surface area contributed by atoms with Crippen molar-refractivity contribution in [2.45, 2.75) is 142 Å². The molecular weight excluding hydrogens is 652 g/mol. The van der Waals surface area contributed by atoms with E-state index in [1.54, 1.807) is 6.08 Å². The van der Waals surface area contributed by atoms with Gasteiger partial charge in [-0.05, 0) is 92.4 Å². The topological polar surface area (TPSA) is 170 Å². The molecule has 0 bridgehead atoms. The highest BCUT2D eigenvalue weighted by Crippen LogP contribution is 2.70. The number of ether oxygens (including phenoxy) is 7. The van der Waals surface area contributed by atoms with Crippen molar-refractivity contribution in [1.82, 2.24) is 0 Å². The second kappa shape index (κ2) is 13.8. The number of cyclic esters (lactones) is 1. The zero-order valence-electron chi connectivity index (χ0n) is 30.0. The maximum Gasteiger partial charge on any atom is 0.331 e. The molecule has 6 aliphatic rings. The first-order valence-corrected chi connectivity index (χ1v) is 18.1. The van der Waals surface area contributed by atoms with Crippen LogP contribution in [-0.4, -0.2) is 90.6 Å². The fourth-order valence-corrected chi connectivity index (χ4v) is 11.0. The van der Waals surface area contributed by atoms with Gasteiger partial charge in [-0.1, -0.05) is 13.8 Å². The second-order valence-electron chi connectivity index (χ2n) is 15.9. The predicted molar refractivity (Wildman–Crippen MR) is 173 cm³/mol. The average Bonchev–Trinajstić information content (AvgIpc) is 3.58. The molecule has 2 heterocycles. The third-order valence-electron chi connectivity index (χ3n) is 13.2. The lowest BCUT2D eigenvalue weighted by Gasteiger charge is -2.64. The standard InChI is InChI=1S/C37H52O13/c1-19(38)44-18-29-31(46-20(2)39)32(47-21(3)40)33(48-22(4)41)34(50-29)49-25-9-12-35(5)24(16-25)7-8-28-27(35)10-13-36(6)26(11-14-37(28,36)43)23-15-30(42)45-17-23/h15,24-29,31-34,43H,7-14,16-18H2,1-6H3/t24-,25-,26-,27?,28?,29?,31-,32?,33?,34-,35+,36-,37+/m1/s1. The summed E-state index contributed by atoms with van der Waals surface area (Å²) in [6.07, 6.45) is 2.85. The van der Waals surface area contributed by atoms with Crippen molar-refractivity contribution < 1.29 is 62.2 Å². The Kier molecular flexibility index (Phi) is 10.2. The second-order valence-corrected chi connectivity index (χ2v) is 15.9. The van der Waals surface area contributed by atoms with Gasteiger partial charge >= 0.3 is 29.8 Å². The van der Waals surface area contributed by atoms with E-state index in [-0.39, 0.29) is 41.3 Å². The minimum absolute atomic E-state index is 0.0229. The molecule has 278 valence electrons. The first-order valence-electron chi connectivity index (χ1n) is 18.1. The lowest BCUT2D eigenvalue weighted by molar-refractivity contribution is -0.321. The van der Waals surface area contributed by atoms with Gasteiger partial charge in [0, 0.05) is 39.2 Å². The normalized spacial score (nSPS) is 43.7. The van der Waals surface area contributed by atoms with Crippen LogP contribution in [0.2, 0.25) is 0 Å². The average molecular weight is 705 g/mol. The van der Waals surface area contributed by atoms with Crippen LogP contribution in [0.3, 0.4) is 0 Å². The summed E-state index contributed by atoms with van der Waals surface area (Å²) in [6.45, 7) is 9.42. The van der Waals surface area contributed by atoms with Gasteiger partial charge in [0.15, 0.2) is 24.6 Å². The van der Waals surface area contributed by atoms with Crippen LogP contribution in [0, 0.1) is 34.5 Å². The van der Waals surface area contributed by atoms with Gasteiger partial charge in [-0.15, -0.1) is 0 Å². The predicted octanol–water partition coefficient (Wildman–Crippen LogP) is 3.71. The molecule has 1 N–H and O–H groups in total. The van der Waals surface area contributed by atoms with E-state index in [0.717, 1.165) is 56.9 Å². The quantitative estimate of drug-likeness (QED) is 0.221. The molecule has 5 unspecified atom stereocenters. The minimum Gasteiger partial charge on any atom is -0.463 e. The molecule has 13 atom stereocenters. The largest absolute Gasteiger partial charge is 0.463 e. The Labute approximate surface area is 293 Å². The highest BCUT2D eigenvalue weighted by molar-refractivity contribution is 5.85. The van der Waals surface area contributed by atoms with E-state index in [2.05, 4.69) is 13.8 Å². The molecule has 0 radical (unpaired) electrons. The van der Waals surface area contributed by atoms with E-state index < -0.39 is 60.2 Å². The maximum atomic E-state index is 12.6. The zero-order valence-corrected chi connectivity index (χ0v) is 30.0. The molecule has 5 fully saturated rings. The number of hydrogen-bond donors (Lipinski definition) is 1. The summed E-state index contributed by atoms with van der Waals surface area (Å²) < 4.78 is 40.0. The zero-order chi connectivity index (χ0) is 36.2. The Bertz CT molecular complexity index is 1410. The number of carbonyl (C=O) groups is 5. The molecule has 2 aliphatic heterocycles. The van der Waals surface area contributed by atoms with Crippen molar-refractivity contribution in [2.75, 3.05) is 13.2 Å². The van der Waals surface area contributed by atoms with Crippen LogP contribution in [0.25, 0.3) is 0 Å². The van der Waals surface area contributed by atoms with Crippen LogP contribution >= 0.6 is 0 Å². The van der Waals surface area contributed by atoms with Crippen molar-refractivity contribution in [3.05, 3.63) is 11.6 Å². The van der Waals surface area contributed by atoms with Gasteiger partial charge in [0.2, 0.25) is 0 Å². The van der Waals surface area contributed by atoms with Crippen molar-refractivity contribution >= 4 is 29.8 Å². The molecule has 0 spiro atoms. The van der Waals surface area contributed by atoms with Crippen LogP contribution in [0.4, 0.5) is 0 Å². The van der Waals surface area contributed by atoms with Gasteiger partial charge in [-0.25, -0.2) is 4.79 Å². The first kappa shape index (κ1) is 36.8. The van der Waals surface area contributed by atoms with Gasteiger partial charge in [0.25, 0.3) is 0 Å². The number of fused-ring (bicyclic) bond motifs is 5.